The van der Waals surface area contributed by atoms with Gasteiger partial charge in [-0.1, -0.05) is 6.92 Å². The predicted octanol–water partition coefficient (Wildman–Crippen LogP) is 3.22. The molecule has 112 valence electrons. The summed E-state index contributed by atoms with van der Waals surface area (Å²) in [5.41, 5.74) is 2.86. The number of fused-ring (bicyclic) bond motifs is 1. The van der Waals surface area contributed by atoms with E-state index in [1.54, 1.807) is 18.6 Å². The number of carbonyl (C=O) groups is 1. The highest BCUT2D eigenvalue weighted by molar-refractivity contribution is 5.93. The number of aromatic nitrogens is 3. The Hall–Kier alpha value is -2.69. The van der Waals surface area contributed by atoms with Gasteiger partial charge in [0, 0.05) is 41.6 Å². The Labute approximate surface area is 129 Å². The third kappa shape index (κ3) is 3.14. The van der Waals surface area contributed by atoms with E-state index in [1.807, 2.05) is 37.4 Å². The lowest BCUT2D eigenvalue weighted by molar-refractivity contribution is -0.116. The summed E-state index contributed by atoms with van der Waals surface area (Å²) in [4.78, 5) is 20.0. The van der Waals surface area contributed by atoms with Crippen molar-refractivity contribution in [1.29, 1.82) is 0 Å². The van der Waals surface area contributed by atoms with Crippen LogP contribution in [0.5, 0.6) is 0 Å². The van der Waals surface area contributed by atoms with E-state index in [1.165, 1.54) is 0 Å². The van der Waals surface area contributed by atoms with Crippen molar-refractivity contribution in [2.24, 2.45) is 0 Å². The topological polar surface area (TPSA) is 59.8 Å². The first-order valence-electron chi connectivity index (χ1n) is 7.40. The van der Waals surface area contributed by atoms with Crippen LogP contribution >= 0.6 is 0 Å². The predicted molar refractivity (Wildman–Crippen MR) is 86.6 cm³/mol. The summed E-state index contributed by atoms with van der Waals surface area (Å²) >= 11 is 0. The average Bonchev–Trinajstić information content (AvgIpc) is 2.91. The van der Waals surface area contributed by atoms with Gasteiger partial charge in [-0.05, 0) is 30.7 Å². The molecule has 0 bridgehead atoms. The summed E-state index contributed by atoms with van der Waals surface area (Å²) in [6.45, 7) is 2.67. The Morgan fingerprint density at radius 3 is 2.95 bits per heavy atom. The molecule has 3 aromatic rings. The number of hydrogen-bond acceptors (Lipinski definition) is 3. The van der Waals surface area contributed by atoms with Crippen LogP contribution in [0.3, 0.4) is 0 Å². The number of benzene rings is 1. The highest BCUT2D eigenvalue weighted by atomic mass is 16.1. The molecule has 22 heavy (non-hydrogen) atoms. The van der Waals surface area contributed by atoms with E-state index in [9.17, 15) is 4.79 Å². The van der Waals surface area contributed by atoms with E-state index in [4.69, 9.17) is 0 Å². The number of nitrogens with zero attached hydrogens (tertiary/aromatic N) is 3. The van der Waals surface area contributed by atoms with Crippen molar-refractivity contribution in [2.75, 3.05) is 5.32 Å². The summed E-state index contributed by atoms with van der Waals surface area (Å²) < 4.78 is 2.12. The minimum atomic E-state index is 0.0563. The summed E-state index contributed by atoms with van der Waals surface area (Å²) in [5, 5.41) is 4.02. The molecule has 1 aromatic carbocycles. The van der Waals surface area contributed by atoms with Gasteiger partial charge in [-0.2, -0.15) is 0 Å². The SMILES string of the molecule is CCCC(=O)Nc1ccc2c(ccn2Cc2cnccn2)c1. The van der Waals surface area contributed by atoms with Gasteiger partial charge in [0.2, 0.25) is 5.91 Å². The molecule has 3 rings (SSSR count). The normalized spacial score (nSPS) is 10.8. The maximum atomic E-state index is 11.7. The van der Waals surface area contributed by atoms with Crippen molar-refractivity contribution in [3.8, 4) is 0 Å². The van der Waals surface area contributed by atoms with Crippen molar-refractivity contribution in [3.05, 3.63) is 54.7 Å². The Morgan fingerprint density at radius 2 is 2.18 bits per heavy atom. The molecular weight excluding hydrogens is 276 g/mol. The minimum absolute atomic E-state index is 0.0563. The van der Waals surface area contributed by atoms with Crippen molar-refractivity contribution in [2.45, 2.75) is 26.3 Å². The van der Waals surface area contributed by atoms with Gasteiger partial charge in [0.25, 0.3) is 0 Å². The number of hydrogen-bond donors (Lipinski definition) is 1. The fraction of sp³-hybridized carbons (Fsp3) is 0.235. The molecule has 5 nitrogen and oxygen atoms in total. The molecule has 0 aliphatic rings. The summed E-state index contributed by atoms with van der Waals surface area (Å²) in [7, 11) is 0. The molecule has 0 aliphatic heterocycles. The van der Waals surface area contributed by atoms with Gasteiger partial charge < -0.3 is 9.88 Å². The van der Waals surface area contributed by atoms with Gasteiger partial charge in [-0.3, -0.25) is 14.8 Å². The molecule has 0 radical (unpaired) electrons. The first-order valence-corrected chi connectivity index (χ1v) is 7.40. The van der Waals surface area contributed by atoms with Crippen molar-refractivity contribution < 1.29 is 4.79 Å². The van der Waals surface area contributed by atoms with Crippen LogP contribution in [0.4, 0.5) is 5.69 Å². The van der Waals surface area contributed by atoms with Gasteiger partial charge >= 0.3 is 0 Å². The molecule has 0 atom stereocenters. The Bertz CT molecular complexity index is 780. The first-order chi connectivity index (χ1) is 10.8. The molecule has 0 aliphatic carbocycles. The van der Waals surface area contributed by atoms with Crippen molar-refractivity contribution in [3.63, 3.8) is 0 Å². The van der Waals surface area contributed by atoms with Crippen LogP contribution in [-0.2, 0) is 11.3 Å². The highest BCUT2D eigenvalue weighted by Crippen LogP contribution is 2.21. The van der Waals surface area contributed by atoms with Crippen LogP contribution in [0.25, 0.3) is 10.9 Å². The zero-order valence-corrected chi connectivity index (χ0v) is 12.5. The zero-order valence-electron chi connectivity index (χ0n) is 12.5. The summed E-state index contributed by atoms with van der Waals surface area (Å²) in [5.74, 6) is 0.0563. The second-order valence-corrected chi connectivity index (χ2v) is 5.21. The third-order valence-corrected chi connectivity index (χ3v) is 3.48. The molecule has 5 heteroatoms. The van der Waals surface area contributed by atoms with Crippen LogP contribution in [0.15, 0.2) is 49.1 Å². The van der Waals surface area contributed by atoms with Gasteiger partial charge in [0.1, 0.15) is 0 Å². The Balaban J connectivity index is 1.82. The number of rotatable bonds is 5. The van der Waals surface area contributed by atoms with Crippen molar-refractivity contribution in [1.82, 2.24) is 14.5 Å². The zero-order chi connectivity index (χ0) is 15.4. The third-order valence-electron chi connectivity index (χ3n) is 3.48. The molecular formula is C17H18N4O. The van der Waals surface area contributed by atoms with Crippen LogP contribution in [0, 0.1) is 0 Å². The maximum Gasteiger partial charge on any atom is 0.224 e. The van der Waals surface area contributed by atoms with Crippen LogP contribution < -0.4 is 5.32 Å². The number of anilines is 1. The second-order valence-electron chi connectivity index (χ2n) is 5.21. The van der Waals surface area contributed by atoms with E-state index in [0.717, 1.165) is 28.7 Å². The van der Waals surface area contributed by atoms with E-state index >= 15 is 0 Å². The number of carbonyl (C=O) groups excluding carboxylic acids is 1. The van der Waals surface area contributed by atoms with E-state index < -0.39 is 0 Å². The van der Waals surface area contributed by atoms with Crippen LogP contribution in [0.2, 0.25) is 0 Å². The fourth-order valence-electron chi connectivity index (χ4n) is 2.45. The molecule has 1 amide bonds. The standard InChI is InChI=1S/C17H18N4O/c1-2-3-17(22)20-14-4-5-16-13(10-14)6-9-21(16)12-15-11-18-7-8-19-15/h4-11H,2-3,12H2,1H3,(H,20,22). The second kappa shape index (κ2) is 6.39. The van der Waals surface area contributed by atoms with Crippen LogP contribution in [0.1, 0.15) is 25.5 Å². The first kappa shape index (κ1) is 14.3. The lowest BCUT2D eigenvalue weighted by Crippen LogP contribution is -2.10. The lowest BCUT2D eigenvalue weighted by Gasteiger charge is -2.07. The van der Waals surface area contributed by atoms with Gasteiger partial charge in [0.15, 0.2) is 0 Å². The average molecular weight is 294 g/mol. The molecule has 0 saturated heterocycles. The lowest BCUT2D eigenvalue weighted by atomic mass is 10.2. The number of amides is 1. The van der Waals surface area contributed by atoms with E-state index in [-0.39, 0.29) is 5.91 Å². The minimum Gasteiger partial charge on any atom is -0.341 e. The summed E-state index contributed by atoms with van der Waals surface area (Å²) in [6, 6.07) is 7.99. The smallest absolute Gasteiger partial charge is 0.224 e. The monoisotopic (exact) mass is 294 g/mol. The van der Waals surface area contributed by atoms with Gasteiger partial charge in [-0.15, -0.1) is 0 Å². The molecule has 0 spiro atoms. The summed E-state index contributed by atoms with van der Waals surface area (Å²) in [6.07, 6.45) is 8.56. The van der Waals surface area contributed by atoms with E-state index in [0.29, 0.717) is 13.0 Å². The van der Waals surface area contributed by atoms with Gasteiger partial charge in [-0.25, -0.2) is 0 Å². The van der Waals surface area contributed by atoms with Crippen molar-refractivity contribution >= 4 is 22.5 Å². The fourth-order valence-corrected chi connectivity index (χ4v) is 2.45. The molecule has 2 aromatic heterocycles. The Kier molecular flexibility index (Phi) is 4.14. The highest BCUT2D eigenvalue weighted by Gasteiger charge is 2.06. The van der Waals surface area contributed by atoms with Gasteiger partial charge in [0.05, 0.1) is 18.4 Å². The molecule has 2 heterocycles. The molecule has 0 fully saturated rings. The molecule has 0 saturated carbocycles. The van der Waals surface area contributed by atoms with Crippen LogP contribution in [-0.4, -0.2) is 20.4 Å². The molecule has 1 N–H and O–H groups in total. The Morgan fingerprint density at radius 1 is 1.27 bits per heavy atom. The maximum absolute atomic E-state index is 11.7. The number of nitrogens with one attached hydrogen (secondary N) is 1. The quantitative estimate of drug-likeness (QED) is 0.786. The molecule has 0 unspecified atom stereocenters. The van der Waals surface area contributed by atoms with E-state index in [2.05, 4.69) is 19.9 Å². The largest absolute Gasteiger partial charge is 0.341 e.